The van der Waals surface area contributed by atoms with Gasteiger partial charge in [0, 0.05) is 5.56 Å². The van der Waals surface area contributed by atoms with Gasteiger partial charge in [0.2, 0.25) is 0 Å². The van der Waals surface area contributed by atoms with Gasteiger partial charge in [0.1, 0.15) is 11.4 Å². The van der Waals surface area contributed by atoms with Crippen LogP contribution in [0, 0.1) is 5.82 Å². The molecule has 10 heteroatoms. The fourth-order valence-corrected chi connectivity index (χ4v) is 3.53. The summed E-state index contributed by atoms with van der Waals surface area (Å²) in [6.45, 7) is 3.38. The van der Waals surface area contributed by atoms with E-state index < -0.39 is 23.6 Å². The van der Waals surface area contributed by atoms with Gasteiger partial charge in [0.15, 0.2) is 23.2 Å². The molecule has 0 spiro atoms. The number of methoxy groups -OCH3 is 2. The largest absolute Gasteiger partial charge is 0.493 e. The molecule has 0 aliphatic carbocycles. The van der Waals surface area contributed by atoms with Crippen molar-refractivity contribution < 1.29 is 33.0 Å². The zero-order valence-corrected chi connectivity index (χ0v) is 19.2. The highest BCUT2D eigenvalue weighted by Gasteiger charge is 2.35. The summed E-state index contributed by atoms with van der Waals surface area (Å²) in [4.78, 5) is 38.2. The van der Waals surface area contributed by atoms with Gasteiger partial charge >= 0.3 is 5.97 Å². The molecule has 1 fully saturated rings. The fraction of sp³-hybridized carbons (Fsp3) is 0.167. The lowest BCUT2D eigenvalue weighted by Gasteiger charge is -2.29. The number of allylic oxidation sites excluding steroid dienone is 1. The average molecular weight is 485 g/mol. The zero-order chi connectivity index (χ0) is 24.8. The number of esters is 1. The highest BCUT2D eigenvalue weighted by molar-refractivity contribution is 7.80. The minimum Gasteiger partial charge on any atom is -0.493 e. The Morgan fingerprint density at radius 1 is 1.24 bits per heavy atom. The van der Waals surface area contributed by atoms with E-state index in [1.807, 2.05) is 0 Å². The summed E-state index contributed by atoms with van der Waals surface area (Å²) in [7, 11) is 2.65. The van der Waals surface area contributed by atoms with E-state index in [0.717, 1.165) is 4.90 Å². The Labute approximate surface area is 200 Å². The number of nitrogens with zero attached hydrogens (tertiary/aromatic N) is 1. The topological polar surface area (TPSA) is 94.2 Å². The molecule has 1 N–H and O–H groups in total. The van der Waals surface area contributed by atoms with E-state index >= 15 is 0 Å². The molecule has 3 rings (SSSR count). The second-order valence-electron chi connectivity index (χ2n) is 6.98. The smallest absolute Gasteiger partial charge is 0.343 e. The van der Waals surface area contributed by atoms with E-state index in [0.29, 0.717) is 23.3 Å². The van der Waals surface area contributed by atoms with Crippen molar-refractivity contribution in [3.05, 3.63) is 71.6 Å². The number of hydrogen-bond acceptors (Lipinski definition) is 7. The molecule has 0 aromatic heterocycles. The molecule has 2 aromatic rings. The van der Waals surface area contributed by atoms with E-state index in [1.54, 1.807) is 18.2 Å². The van der Waals surface area contributed by atoms with E-state index in [2.05, 4.69) is 16.6 Å². The van der Waals surface area contributed by atoms with E-state index in [9.17, 15) is 18.8 Å². The third-order valence-corrected chi connectivity index (χ3v) is 5.09. The minimum absolute atomic E-state index is 0.0834. The van der Waals surface area contributed by atoms with E-state index in [1.165, 1.54) is 44.6 Å². The molecule has 1 saturated heterocycles. The van der Waals surface area contributed by atoms with Gasteiger partial charge in [-0.15, -0.1) is 6.58 Å². The Morgan fingerprint density at radius 3 is 2.62 bits per heavy atom. The molecule has 2 amide bonds. The predicted octanol–water partition coefficient (Wildman–Crippen LogP) is 2.95. The van der Waals surface area contributed by atoms with Crippen LogP contribution in [0.1, 0.15) is 11.1 Å². The monoisotopic (exact) mass is 484 g/mol. The van der Waals surface area contributed by atoms with Crippen LogP contribution in [-0.4, -0.2) is 43.7 Å². The second-order valence-corrected chi connectivity index (χ2v) is 7.36. The van der Waals surface area contributed by atoms with Crippen molar-refractivity contribution >= 4 is 46.9 Å². The molecule has 1 aliphatic rings. The molecule has 0 saturated carbocycles. The van der Waals surface area contributed by atoms with Gasteiger partial charge in [-0.3, -0.25) is 14.9 Å². The lowest BCUT2D eigenvalue weighted by atomic mass is 10.0. The van der Waals surface area contributed by atoms with Gasteiger partial charge < -0.3 is 14.2 Å². The molecular formula is C24H21FN2O6S. The number of amides is 2. The summed E-state index contributed by atoms with van der Waals surface area (Å²) in [6, 6.07) is 8.78. The van der Waals surface area contributed by atoms with Crippen molar-refractivity contribution in [1.82, 2.24) is 5.32 Å². The summed E-state index contributed by atoms with van der Waals surface area (Å²) < 4.78 is 29.9. The van der Waals surface area contributed by atoms with E-state index in [-0.39, 0.29) is 28.7 Å². The molecule has 1 aliphatic heterocycles. The Kier molecular flexibility index (Phi) is 7.75. The summed E-state index contributed by atoms with van der Waals surface area (Å²) >= 11 is 5.11. The number of halogens is 1. The van der Waals surface area contributed by atoms with Crippen molar-refractivity contribution in [2.24, 2.45) is 0 Å². The summed E-state index contributed by atoms with van der Waals surface area (Å²) in [5.74, 6) is -2.20. The van der Waals surface area contributed by atoms with Crippen molar-refractivity contribution in [3.63, 3.8) is 0 Å². The first-order chi connectivity index (χ1) is 16.3. The van der Waals surface area contributed by atoms with Crippen LogP contribution in [0.2, 0.25) is 0 Å². The molecule has 0 atom stereocenters. The summed E-state index contributed by atoms with van der Waals surface area (Å²) in [6.07, 6.45) is 3.30. The van der Waals surface area contributed by atoms with E-state index in [4.69, 9.17) is 21.7 Å². The number of rotatable bonds is 8. The third kappa shape index (κ3) is 5.12. The van der Waals surface area contributed by atoms with Gasteiger partial charge in [-0.05, 0) is 54.5 Å². The number of carbonyl (C=O) groups is 3. The van der Waals surface area contributed by atoms with Crippen molar-refractivity contribution in [2.45, 2.75) is 6.42 Å². The highest BCUT2D eigenvalue weighted by atomic mass is 32.1. The van der Waals surface area contributed by atoms with Gasteiger partial charge in [0.25, 0.3) is 11.8 Å². The number of anilines is 1. The quantitative estimate of drug-likeness (QED) is 0.202. The molecule has 8 nitrogen and oxygen atoms in total. The maximum absolute atomic E-state index is 14.3. The SMILES string of the molecule is C=CCc1cc(/C=C2\C(=O)NC(=S)N(c3ccccc3F)C2=O)cc(OC)c1OCC(=O)OC. The normalized spacial score (nSPS) is 14.6. The Balaban J connectivity index is 2.05. The van der Waals surface area contributed by atoms with Crippen LogP contribution in [0.4, 0.5) is 10.1 Å². The molecular weight excluding hydrogens is 463 g/mol. The molecule has 1 heterocycles. The second kappa shape index (κ2) is 10.7. The third-order valence-electron chi connectivity index (χ3n) is 4.81. The molecule has 2 aromatic carbocycles. The Morgan fingerprint density at radius 2 is 1.97 bits per heavy atom. The Bertz CT molecular complexity index is 1210. The van der Waals surface area contributed by atoms with Gasteiger partial charge in [0.05, 0.1) is 19.9 Å². The van der Waals surface area contributed by atoms with Crippen molar-refractivity contribution in [3.8, 4) is 11.5 Å². The molecule has 176 valence electrons. The average Bonchev–Trinajstić information content (AvgIpc) is 2.81. The van der Waals surface area contributed by atoms with Gasteiger partial charge in [-0.25, -0.2) is 14.1 Å². The minimum atomic E-state index is -0.783. The van der Waals surface area contributed by atoms with Crippen LogP contribution in [0.15, 0.2) is 54.6 Å². The maximum Gasteiger partial charge on any atom is 0.343 e. The van der Waals surface area contributed by atoms with Crippen molar-refractivity contribution in [1.29, 1.82) is 0 Å². The van der Waals surface area contributed by atoms with Gasteiger partial charge in [-0.2, -0.15) is 0 Å². The van der Waals surface area contributed by atoms with Gasteiger partial charge in [-0.1, -0.05) is 18.2 Å². The number of nitrogens with one attached hydrogen (secondary N) is 1. The predicted molar refractivity (Wildman–Crippen MR) is 127 cm³/mol. The molecule has 0 bridgehead atoms. The summed E-state index contributed by atoms with van der Waals surface area (Å²) in [5, 5.41) is 2.19. The van der Waals surface area contributed by atoms with Crippen LogP contribution in [0.25, 0.3) is 6.08 Å². The lowest BCUT2D eigenvalue weighted by molar-refractivity contribution is -0.143. The van der Waals surface area contributed by atoms with Crippen LogP contribution in [-0.2, 0) is 25.5 Å². The molecule has 0 unspecified atom stereocenters. The number of hydrogen-bond donors (Lipinski definition) is 1. The standard InChI is InChI=1S/C24H21FN2O6S/c1-4-7-15-10-14(12-19(31-2)21(15)33-13-20(28)32-3)11-16-22(29)26-24(34)27(23(16)30)18-9-6-5-8-17(18)25/h4-6,8-12H,1,7,13H2,2-3H3,(H,26,29,34)/b16-11+. The number of para-hydroxylation sites is 1. The first-order valence-corrected chi connectivity index (χ1v) is 10.4. The Hall–Kier alpha value is -4.05. The molecule has 34 heavy (non-hydrogen) atoms. The zero-order valence-electron chi connectivity index (χ0n) is 18.4. The summed E-state index contributed by atoms with van der Waals surface area (Å²) in [5.41, 5.74) is 0.681. The highest BCUT2D eigenvalue weighted by Crippen LogP contribution is 2.35. The van der Waals surface area contributed by atoms with Crippen LogP contribution >= 0.6 is 12.2 Å². The fourth-order valence-electron chi connectivity index (χ4n) is 3.26. The number of ether oxygens (including phenoxy) is 3. The first-order valence-electron chi connectivity index (χ1n) is 9.98. The molecule has 0 radical (unpaired) electrons. The first kappa shape index (κ1) is 24.6. The number of thiocarbonyl (C=S) groups is 1. The van der Waals surface area contributed by atoms with Crippen LogP contribution < -0.4 is 19.7 Å². The number of carbonyl (C=O) groups excluding carboxylic acids is 3. The lowest BCUT2D eigenvalue weighted by Crippen LogP contribution is -2.54. The van der Waals surface area contributed by atoms with Crippen molar-refractivity contribution in [2.75, 3.05) is 25.7 Å². The maximum atomic E-state index is 14.3. The number of benzene rings is 2. The van der Waals surface area contributed by atoms with Crippen LogP contribution in [0.5, 0.6) is 11.5 Å². The van der Waals surface area contributed by atoms with Crippen LogP contribution in [0.3, 0.4) is 0 Å².